The molecule has 73 heavy (non-hydrogen) atoms. The summed E-state index contributed by atoms with van der Waals surface area (Å²) in [6, 6.07) is 0. The Labute approximate surface area is 455 Å². The molecule has 0 aromatic rings. The zero-order valence-corrected chi connectivity index (χ0v) is 49.2. The van der Waals surface area contributed by atoms with E-state index in [1.165, 1.54) is 231 Å². The molecule has 0 aliphatic rings. The molecule has 0 saturated carbocycles. The van der Waals surface area contributed by atoms with Crippen LogP contribution in [-0.4, -0.2) is 37.2 Å². The molecule has 0 aromatic heterocycles. The van der Waals surface area contributed by atoms with Crippen LogP contribution >= 0.6 is 0 Å². The van der Waals surface area contributed by atoms with E-state index in [9.17, 15) is 14.4 Å². The fourth-order valence-corrected chi connectivity index (χ4v) is 9.75. The number of ether oxygens (including phenoxy) is 3. The summed E-state index contributed by atoms with van der Waals surface area (Å²) < 4.78 is 16.9. The summed E-state index contributed by atoms with van der Waals surface area (Å²) in [6.45, 7) is 6.66. The van der Waals surface area contributed by atoms with Crippen LogP contribution in [0.2, 0.25) is 0 Å². The molecule has 0 radical (unpaired) electrons. The largest absolute Gasteiger partial charge is 0.462 e. The highest BCUT2D eigenvalue weighted by molar-refractivity contribution is 5.71. The van der Waals surface area contributed by atoms with Gasteiger partial charge in [-0.15, -0.1) is 0 Å². The van der Waals surface area contributed by atoms with Crippen molar-refractivity contribution < 1.29 is 28.6 Å². The van der Waals surface area contributed by atoms with Crippen molar-refractivity contribution in [3.63, 3.8) is 0 Å². The molecular weight excluding hydrogens is 901 g/mol. The van der Waals surface area contributed by atoms with Crippen molar-refractivity contribution in [3.05, 3.63) is 36.5 Å². The molecule has 0 heterocycles. The molecule has 428 valence electrons. The minimum atomic E-state index is -0.778. The maximum atomic E-state index is 12.9. The zero-order chi connectivity index (χ0) is 52.9. The molecule has 0 amide bonds. The van der Waals surface area contributed by atoms with Crippen LogP contribution in [0, 0.1) is 0 Å². The van der Waals surface area contributed by atoms with Crippen molar-refractivity contribution in [3.8, 4) is 0 Å². The maximum absolute atomic E-state index is 12.9. The van der Waals surface area contributed by atoms with Crippen molar-refractivity contribution in [2.24, 2.45) is 0 Å². The summed E-state index contributed by atoms with van der Waals surface area (Å²) >= 11 is 0. The van der Waals surface area contributed by atoms with Crippen molar-refractivity contribution in [1.82, 2.24) is 0 Å². The number of esters is 3. The van der Waals surface area contributed by atoms with Gasteiger partial charge in [-0.1, -0.05) is 314 Å². The molecule has 0 N–H and O–H groups in total. The van der Waals surface area contributed by atoms with Crippen LogP contribution in [0.5, 0.6) is 0 Å². The van der Waals surface area contributed by atoms with Gasteiger partial charge >= 0.3 is 17.9 Å². The van der Waals surface area contributed by atoms with Gasteiger partial charge in [-0.05, 0) is 57.8 Å². The first-order chi connectivity index (χ1) is 36.0. The van der Waals surface area contributed by atoms with Crippen LogP contribution in [-0.2, 0) is 28.6 Å². The van der Waals surface area contributed by atoms with E-state index in [1.54, 1.807) is 0 Å². The average Bonchev–Trinajstić information content (AvgIpc) is 3.39. The Morgan fingerprint density at radius 3 is 0.795 bits per heavy atom. The van der Waals surface area contributed by atoms with E-state index in [-0.39, 0.29) is 31.1 Å². The lowest BCUT2D eigenvalue weighted by Crippen LogP contribution is -2.30. The second-order valence-electron chi connectivity index (χ2n) is 22.0. The van der Waals surface area contributed by atoms with Gasteiger partial charge in [0.1, 0.15) is 13.2 Å². The van der Waals surface area contributed by atoms with Gasteiger partial charge in [0.25, 0.3) is 0 Å². The summed E-state index contributed by atoms with van der Waals surface area (Å²) in [5.74, 6) is -0.869. The first-order valence-corrected chi connectivity index (χ1v) is 32.5. The van der Waals surface area contributed by atoms with Crippen LogP contribution in [0.3, 0.4) is 0 Å². The average molecular weight is 1030 g/mol. The highest BCUT2D eigenvalue weighted by Gasteiger charge is 2.19. The molecule has 0 saturated heterocycles. The maximum Gasteiger partial charge on any atom is 0.306 e. The van der Waals surface area contributed by atoms with E-state index in [1.807, 2.05) is 0 Å². The summed E-state index contributed by atoms with van der Waals surface area (Å²) in [5.41, 5.74) is 0. The van der Waals surface area contributed by atoms with E-state index in [0.29, 0.717) is 19.3 Å². The molecule has 1 atom stereocenters. The third kappa shape index (κ3) is 60.4. The van der Waals surface area contributed by atoms with Crippen molar-refractivity contribution in [2.75, 3.05) is 13.2 Å². The van der Waals surface area contributed by atoms with E-state index in [0.717, 1.165) is 83.5 Å². The van der Waals surface area contributed by atoms with Gasteiger partial charge < -0.3 is 14.2 Å². The van der Waals surface area contributed by atoms with Crippen LogP contribution in [0.4, 0.5) is 0 Å². The molecule has 0 aliphatic heterocycles. The molecule has 0 bridgehead atoms. The van der Waals surface area contributed by atoms with Gasteiger partial charge in [-0.3, -0.25) is 14.4 Å². The summed E-state index contributed by atoms with van der Waals surface area (Å²) in [4.78, 5) is 38.3. The van der Waals surface area contributed by atoms with Crippen LogP contribution in [0.25, 0.3) is 0 Å². The van der Waals surface area contributed by atoms with Gasteiger partial charge in [0.2, 0.25) is 0 Å². The molecule has 0 unspecified atom stereocenters. The number of hydrogen-bond acceptors (Lipinski definition) is 6. The summed E-state index contributed by atoms with van der Waals surface area (Å²) in [5, 5.41) is 0. The standard InChI is InChI=1S/C67H124O6/c1-4-7-10-13-16-19-22-25-28-31-32-33-34-37-39-42-45-48-51-54-57-60-66(69)72-63-64(73-67(70)61-58-55-52-49-46-43-40-36-30-27-24-21-18-15-12-9-6-3)62-71-65(68)59-56-53-50-47-44-41-38-35-29-26-23-20-17-14-11-8-5-2/h17,20,26,29,38,41,64H,4-16,18-19,21-25,27-28,30-37,39-40,42-63H2,1-3H3/b20-17-,29-26-,41-38-/t64-/m1/s1. The first-order valence-electron chi connectivity index (χ1n) is 32.5. The van der Waals surface area contributed by atoms with Crippen molar-refractivity contribution in [1.29, 1.82) is 0 Å². The second kappa shape index (κ2) is 62.2. The second-order valence-corrected chi connectivity index (χ2v) is 22.0. The lowest BCUT2D eigenvalue weighted by atomic mass is 10.0. The van der Waals surface area contributed by atoms with Crippen LogP contribution in [0.15, 0.2) is 36.5 Å². The number of allylic oxidation sites excluding steroid dienone is 6. The predicted octanol–water partition coefficient (Wildman–Crippen LogP) is 22.0. The van der Waals surface area contributed by atoms with E-state index in [2.05, 4.69) is 57.2 Å². The number of rotatable bonds is 60. The highest BCUT2D eigenvalue weighted by atomic mass is 16.6. The normalized spacial score (nSPS) is 12.2. The fraction of sp³-hybridized carbons (Fsp3) is 0.866. The van der Waals surface area contributed by atoms with E-state index >= 15 is 0 Å². The SMILES string of the molecule is CCCCC/C=C\C/C=C\C/C=C\CCCCCCC(=O)OC[C@H](COC(=O)CCCCCCCCCCCCCCCCCCCCCCC)OC(=O)CCCCCCCCCCCCCCCCCCC. The number of unbranched alkanes of at least 4 members (excludes halogenated alkanes) is 43. The Morgan fingerprint density at radius 1 is 0.274 bits per heavy atom. The van der Waals surface area contributed by atoms with Crippen LogP contribution < -0.4 is 0 Å². The Balaban J connectivity index is 4.33. The third-order valence-electron chi connectivity index (χ3n) is 14.6. The van der Waals surface area contributed by atoms with Crippen LogP contribution in [0.1, 0.15) is 355 Å². The molecule has 0 rings (SSSR count). The number of hydrogen-bond donors (Lipinski definition) is 0. The molecule has 0 aromatic carbocycles. The number of carbonyl (C=O) groups excluding carboxylic acids is 3. The monoisotopic (exact) mass is 1020 g/mol. The fourth-order valence-electron chi connectivity index (χ4n) is 9.75. The molecule has 0 aliphatic carbocycles. The Kier molecular flexibility index (Phi) is 60.2. The molecule has 0 fully saturated rings. The minimum Gasteiger partial charge on any atom is -0.462 e. The van der Waals surface area contributed by atoms with Gasteiger partial charge in [0, 0.05) is 19.3 Å². The highest BCUT2D eigenvalue weighted by Crippen LogP contribution is 2.18. The van der Waals surface area contributed by atoms with Crippen molar-refractivity contribution in [2.45, 2.75) is 361 Å². The number of carbonyl (C=O) groups is 3. The first kappa shape index (κ1) is 70.6. The minimum absolute atomic E-state index is 0.0738. The van der Waals surface area contributed by atoms with Gasteiger partial charge in [0.05, 0.1) is 0 Å². The molecule has 0 spiro atoms. The smallest absolute Gasteiger partial charge is 0.306 e. The molecule has 6 heteroatoms. The lowest BCUT2D eigenvalue weighted by molar-refractivity contribution is -0.167. The van der Waals surface area contributed by atoms with E-state index < -0.39 is 6.10 Å². The lowest BCUT2D eigenvalue weighted by Gasteiger charge is -2.18. The quantitative estimate of drug-likeness (QED) is 0.0261. The van der Waals surface area contributed by atoms with Gasteiger partial charge in [-0.25, -0.2) is 0 Å². The summed E-state index contributed by atoms with van der Waals surface area (Å²) in [7, 11) is 0. The topological polar surface area (TPSA) is 78.9 Å². The van der Waals surface area contributed by atoms with Gasteiger partial charge in [0.15, 0.2) is 6.10 Å². The predicted molar refractivity (Wildman–Crippen MR) is 316 cm³/mol. The zero-order valence-electron chi connectivity index (χ0n) is 49.2. The summed E-state index contributed by atoms with van der Waals surface area (Å²) in [6.07, 6.45) is 75.8. The third-order valence-corrected chi connectivity index (χ3v) is 14.6. The molecular formula is C67H124O6. The molecule has 6 nitrogen and oxygen atoms in total. The van der Waals surface area contributed by atoms with E-state index in [4.69, 9.17) is 14.2 Å². The Bertz CT molecular complexity index is 1220. The van der Waals surface area contributed by atoms with Gasteiger partial charge in [-0.2, -0.15) is 0 Å². The Hall–Kier alpha value is -2.37. The Morgan fingerprint density at radius 2 is 0.493 bits per heavy atom. The van der Waals surface area contributed by atoms with Crippen molar-refractivity contribution >= 4 is 17.9 Å².